The number of amides is 2. The minimum atomic E-state index is -0.465. The third-order valence-corrected chi connectivity index (χ3v) is 4.45. The minimum Gasteiger partial charge on any atom is -0.306 e. The van der Waals surface area contributed by atoms with Crippen molar-refractivity contribution in [3.63, 3.8) is 0 Å². The highest BCUT2D eigenvalue weighted by atomic mass is 19.1. The second-order valence-corrected chi connectivity index (χ2v) is 7.94. The zero-order chi connectivity index (χ0) is 20.8. The molecule has 4 nitrogen and oxygen atoms in total. The van der Waals surface area contributed by atoms with Gasteiger partial charge in [-0.25, -0.2) is 14.2 Å². The van der Waals surface area contributed by atoms with Crippen LogP contribution in [0.4, 0.5) is 14.9 Å². The fourth-order valence-electron chi connectivity index (χ4n) is 3.05. The second-order valence-electron chi connectivity index (χ2n) is 7.94. The van der Waals surface area contributed by atoms with Gasteiger partial charge in [0.05, 0.1) is 0 Å². The van der Waals surface area contributed by atoms with Crippen molar-refractivity contribution >= 4 is 17.9 Å². The van der Waals surface area contributed by atoms with Gasteiger partial charge >= 0.3 is 6.03 Å². The zero-order valence-corrected chi connectivity index (χ0v) is 17.6. The van der Waals surface area contributed by atoms with Crippen molar-refractivity contribution in [1.82, 2.24) is 4.90 Å². The van der Waals surface area contributed by atoms with E-state index in [-0.39, 0.29) is 17.7 Å². The van der Waals surface area contributed by atoms with Gasteiger partial charge in [0.2, 0.25) is 0 Å². The lowest BCUT2D eigenvalue weighted by molar-refractivity contribution is 0.259. The molecule has 0 saturated heterocycles. The van der Waals surface area contributed by atoms with E-state index in [0.29, 0.717) is 5.69 Å². The summed E-state index contributed by atoms with van der Waals surface area (Å²) < 4.78 is 14.0. The molecule has 0 fully saturated rings. The first-order valence-corrected chi connectivity index (χ1v) is 9.59. The quantitative estimate of drug-likeness (QED) is 0.642. The molecule has 2 aromatic carbocycles. The molecule has 150 valence electrons. The Kier molecular flexibility index (Phi) is 7.46. The first-order valence-electron chi connectivity index (χ1n) is 9.59. The van der Waals surface area contributed by atoms with Gasteiger partial charge in [0, 0.05) is 18.4 Å². The standard InChI is InChI=1S/C23H30FN3O/c1-15(2)20-11-19(24)12-21(16(3)4)22(20)26-23(28)25-13-17-7-9-18(10-8-17)14-27(5)6/h7-13,15-16H,14H2,1-6H3,(H,26,28). The number of carbonyl (C=O) groups is 1. The number of carbonyl (C=O) groups excluding carboxylic acids is 1. The molecule has 0 aliphatic heterocycles. The molecule has 0 spiro atoms. The van der Waals surface area contributed by atoms with Crippen LogP contribution in [0, 0.1) is 5.82 Å². The second kappa shape index (κ2) is 9.60. The van der Waals surface area contributed by atoms with Crippen molar-refractivity contribution in [2.75, 3.05) is 19.4 Å². The van der Waals surface area contributed by atoms with Crippen molar-refractivity contribution in [3.8, 4) is 0 Å². The van der Waals surface area contributed by atoms with E-state index in [1.165, 1.54) is 17.7 Å². The molecule has 1 N–H and O–H groups in total. The lowest BCUT2D eigenvalue weighted by atomic mass is 9.92. The maximum absolute atomic E-state index is 14.0. The van der Waals surface area contributed by atoms with Gasteiger partial charge in [-0.05, 0) is 60.3 Å². The van der Waals surface area contributed by atoms with Gasteiger partial charge < -0.3 is 10.2 Å². The Balaban J connectivity index is 2.19. The maximum atomic E-state index is 14.0. The van der Waals surface area contributed by atoms with Crippen molar-refractivity contribution in [2.24, 2.45) is 4.99 Å². The molecule has 0 bridgehead atoms. The summed E-state index contributed by atoms with van der Waals surface area (Å²) in [6.07, 6.45) is 1.54. The molecule has 0 atom stereocenters. The van der Waals surface area contributed by atoms with E-state index >= 15 is 0 Å². The number of hydrogen-bond donors (Lipinski definition) is 1. The average Bonchev–Trinajstić information content (AvgIpc) is 2.61. The Hall–Kier alpha value is -2.53. The van der Waals surface area contributed by atoms with Crippen LogP contribution < -0.4 is 5.32 Å². The first-order chi connectivity index (χ1) is 13.2. The predicted molar refractivity (Wildman–Crippen MR) is 115 cm³/mol. The van der Waals surface area contributed by atoms with Crippen LogP contribution in [-0.4, -0.2) is 31.2 Å². The molecule has 28 heavy (non-hydrogen) atoms. The number of benzene rings is 2. The molecule has 0 aliphatic carbocycles. The fraction of sp³-hybridized carbons (Fsp3) is 0.391. The van der Waals surface area contributed by atoms with E-state index < -0.39 is 6.03 Å². The van der Waals surface area contributed by atoms with Crippen LogP contribution in [0.2, 0.25) is 0 Å². The van der Waals surface area contributed by atoms with Gasteiger partial charge in [-0.3, -0.25) is 0 Å². The lowest BCUT2D eigenvalue weighted by Gasteiger charge is -2.19. The SMILES string of the molecule is CC(C)c1cc(F)cc(C(C)C)c1NC(=O)N=Cc1ccc(CN(C)C)cc1. The highest BCUT2D eigenvalue weighted by Crippen LogP contribution is 2.33. The monoisotopic (exact) mass is 383 g/mol. The maximum Gasteiger partial charge on any atom is 0.345 e. The van der Waals surface area contributed by atoms with Gasteiger partial charge in [0.25, 0.3) is 0 Å². The fourth-order valence-corrected chi connectivity index (χ4v) is 3.05. The van der Waals surface area contributed by atoms with Gasteiger partial charge in [-0.2, -0.15) is 0 Å². The Morgan fingerprint density at radius 1 is 1.07 bits per heavy atom. The number of rotatable bonds is 6. The third-order valence-electron chi connectivity index (χ3n) is 4.45. The van der Waals surface area contributed by atoms with E-state index in [4.69, 9.17) is 0 Å². The molecule has 0 saturated carbocycles. The summed E-state index contributed by atoms with van der Waals surface area (Å²) >= 11 is 0. The molecule has 2 aromatic rings. The average molecular weight is 384 g/mol. The highest BCUT2D eigenvalue weighted by Gasteiger charge is 2.17. The van der Waals surface area contributed by atoms with Gasteiger partial charge in [-0.1, -0.05) is 52.0 Å². The van der Waals surface area contributed by atoms with E-state index in [1.54, 1.807) is 6.21 Å². The van der Waals surface area contributed by atoms with Crippen molar-refractivity contribution in [3.05, 3.63) is 64.5 Å². The van der Waals surface area contributed by atoms with Crippen LogP contribution in [0.25, 0.3) is 0 Å². The predicted octanol–water partition coefficient (Wildman–Crippen LogP) is 5.79. The van der Waals surface area contributed by atoms with Crippen LogP contribution in [0.15, 0.2) is 41.4 Å². The van der Waals surface area contributed by atoms with E-state index in [1.807, 2.05) is 66.1 Å². The topological polar surface area (TPSA) is 44.7 Å². The molecule has 2 amide bonds. The summed E-state index contributed by atoms with van der Waals surface area (Å²) in [5, 5.41) is 2.87. The summed E-state index contributed by atoms with van der Waals surface area (Å²) in [4.78, 5) is 18.5. The number of anilines is 1. The largest absolute Gasteiger partial charge is 0.345 e. The van der Waals surface area contributed by atoms with Crippen molar-refractivity contribution in [2.45, 2.75) is 46.1 Å². The van der Waals surface area contributed by atoms with Crippen LogP contribution in [0.1, 0.15) is 61.8 Å². The van der Waals surface area contributed by atoms with E-state index in [0.717, 1.165) is 23.2 Å². The normalized spacial score (nSPS) is 11.8. The molecule has 0 aliphatic rings. The Bertz CT molecular complexity index is 810. The molecule has 0 aromatic heterocycles. The van der Waals surface area contributed by atoms with Crippen LogP contribution in [0.5, 0.6) is 0 Å². The molecule has 0 radical (unpaired) electrons. The summed E-state index contributed by atoms with van der Waals surface area (Å²) in [6.45, 7) is 8.78. The van der Waals surface area contributed by atoms with Gasteiger partial charge in [-0.15, -0.1) is 0 Å². The molecule has 0 unspecified atom stereocenters. The van der Waals surface area contributed by atoms with Crippen molar-refractivity contribution in [1.29, 1.82) is 0 Å². The number of nitrogens with one attached hydrogen (secondary N) is 1. The molecule has 2 rings (SSSR count). The van der Waals surface area contributed by atoms with Crippen molar-refractivity contribution < 1.29 is 9.18 Å². The lowest BCUT2D eigenvalue weighted by Crippen LogP contribution is -2.13. The van der Waals surface area contributed by atoms with E-state index in [9.17, 15) is 9.18 Å². The summed E-state index contributed by atoms with van der Waals surface area (Å²) in [7, 11) is 4.04. The Labute approximate surface area is 167 Å². The Morgan fingerprint density at radius 3 is 2.07 bits per heavy atom. The number of urea groups is 1. The van der Waals surface area contributed by atoms with Crippen LogP contribution >= 0.6 is 0 Å². The molecular weight excluding hydrogens is 353 g/mol. The number of halogens is 1. The number of hydrogen-bond acceptors (Lipinski definition) is 2. The minimum absolute atomic E-state index is 0.0803. The molecule has 5 heteroatoms. The summed E-state index contributed by atoms with van der Waals surface area (Å²) in [5.41, 5.74) is 4.27. The van der Waals surface area contributed by atoms with E-state index in [2.05, 4.69) is 15.2 Å². The summed E-state index contributed by atoms with van der Waals surface area (Å²) in [5.74, 6) is -0.125. The first kappa shape index (κ1) is 21.8. The van der Waals surface area contributed by atoms with Crippen LogP contribution in [-0.2, 0) is 6.54 Å². The van der Waals surface area contributed by atoms with Gasteiger partial charge in [0.1, 0.15) is 5.82 Å². The zero-order valence-electron chi connectivity index (χ0n) is 17.6. The summed E-state index contributed by atoms with van der Waals surface area (Å²) in [6, 6.07) is 10.4. The third kappa shape index (κ3) is 5.99. The smallest absolute Gasteiger partial charge is 0.306 e. The van der Waals surface area contributed by atoms with Gasteiger partial charge in [0.15, 0.2) is 0 Å². The highest BCUT2D eigenvalue weighted by molar-refractivity contribution is 5.99. The van der Waals surface area contributed by atoms with Crippen LogP contribution in [0.3, 0.4) is 0 Å². The molecule has 0 heterocycles. The molecular formula is C23H30FN3O. The number of nitrogens with zero attached hydrogens (tertiary/aromatic N) is 2. The number of aliphatic imine (C=N–C) groups is 1. The Morgan fingerprint density at radius 2 is 1.61 bits per heavy atom.